The van der Waals surface area contributed by atoms with E-state index in [4.69, 9.17) is 17.3 Å². The van der Waals surface area contributed by atoms with Gasteiger partial charge in [-0.15, -0.1) is 0 Å². The Labute approximate surface area is 240 Å². The van der Waals surface area contributed by atoms with E-state index in [1.54, 1.807) is 0 Å². The fourth-order valence-electron chi connectivity index (χ4n) is 5.76. The van der Waals surface area contributed by atoms with E-state index < -0.39 is 5.92 Å². The Morgan fingerprint density at radius 2 is 1.82 bits per heavy atom. The molecule has 1 heterocycles. The van der Waals surface area contributed by atoms with Gasteiger partial charge in [-0.2, -0.15) is 17.0 Å². The number of nitriles is 1. The number of benzene rings is 3. The minimum Gasteiger partial charge on any atom is -0.384 e. The highest BCUT2D eigenvalue weighted by Crippen LogP contribution is 2.48. The standard InChI is InChI=1S/C33H32ClN3OS/c1-20-14-24(19-39-18-23-8-5-4-6-9-23)22(3)26(15-20)31-27(17-35)33(36)37(28-10-7-11-30(38)32(28)31)29-16-25(34)13-12-21(29)2/h4-6,8-9,12-16,31H,7,10-11,18-19,36H2,1-3H3. The Bertz CT molecular complexity index is 1550. The van der Waals surface area contributed by atoms with Gasteiger partial charge < -0.3 is 5.73 Å². The number of carbonyl (C=O) groups excluding carboxylic acids is 1. The molecule has 6 heteroatoms. The third-order valence-electron chi connectivity index (χ3n) is 7.71. The summed E-state index contributed by atoms with van der Waals surface area (Å²) in [5.74, 6) is 1.75. The predicted octanol–water partition coefficient (Wildman–Crippen LogP) is 8.00. The molecule has 0 fully saturated rings. The molecule has 1 atom stereocenters. The fourth-order valence-corrected chi connectivity index (χ4v) is 6.98. The SMILES string of the molecule is Cc1cc(CSCc2ccccc2)c(C)c(C2C(C#N)=C(N)N(c3cc(Cl)ccc3C)C3=C2C(=O)CCC3)c1. The molecule has 3 aromatic carbocycles. The first-order valence-electron chi connectivity index (χ1n) is 13.2. The van der Waals surface area contributed by atoms with Gasteiger partial charge >= 0.3 is 0 Å². The zero-order valence-electron chi connectivity index (χ0n) is 22.6. The van der Waals surface area contributed by atoms with Gasteiger partial charge in [-0.25, -0.2) is 0 Å². The van der Waals surface area contributed by atoms with Crippen LogP contribution < -0.4 is 10.6 Å². The molecular weight excluding hydrogens is 522 g/mol. The largest absolute Gasteiger partial charge is 0.384 e. The number of hydrogen-bond acceptors (Lipinski definition) is 5. The summed E-state index contributed by atoms with van der Waals surface area (Å²) in [5.41, 5.74) is 16.4. The molecule has 0 saturated heterocycles. The second-order valence-corrected chi connectivity index (χ2v) is 11.8. The number of carbonyl (C=O) groups is 1. The van der Waals surface area contributed by atoms with Crippen LogP contribution in [0.3, 0.4) is 0 Å². The lowest BCUT2D eigenvalue weighted by atomic mass is 9.73. The summed E-state index contributed by atoms with van der Waals surface area (Å²) in [5, 5.41) is 11.1. The van der Waals surface area contributed by atoms with Crippen LogP contribution in [-0.4, -0.2) is 5.78 Å². The summed E-state index contributed by atoms with van der Waals surface area (Å²) in [7, 11) is 0. The van der Waals surface area contributed by atoms with Crippen molar-refractivity contribution in [3.63, 3.8) is 0 Å². The minimum absolute atomic E-state index is 0.0899. The van der Waals surface area contributed by atoms with Crippen LogP contribution in [0.5, 0.6) is 0 Å². The molecule has 0 aromatic heterocycles. The van der Waals surface area contributed by atoms with Crippen molar-refractivity contribution in [2.45, 2.75) is 57.5 Å². The highest BCUT2D eigenvalue weighted by Gasteiger charge is 2.41. The number of thioether (sulfide) groups is 1. The number of nitrogens with two attached hydrogens (primary N) is 1. The second-order valence-electron chi connectivity index (χ2n) is 10.4. The van der Waals surface area contributed by atoms with Gasteiger partial charge in [-0.3, -0.25) is 9.69 Å². The summed E-state index contributed by atoms with van der Waals surface area (Å²) >= 11 is 8.25. The maximum absolute atomic E-state index is 13.6. The van der Waals surface area contributed by atoms with E-state index in [9.17, 15) is 10.1 Å². The number of hydrogen-bond donors (Lipinski definition) is 1. The van der Waals surface area contributed by atoms with Crippen molar-refractivity contribution in [1.29, 1.82) is 5.26 Å². The van der Waals surface area contributed by atoms with Crippen LogP contribution in [0.1, 0.15) is 58.6 Å². The highest BCUT2D eigenvalue weighted by atomic mass is 35.5. The van der Waals surface area contributed by atoms with Crippen LogP contribution in [0, 0.1) is 32.1 Å². The Kier molecular flexibility index (Phi) is 7.88. The van der Waals surface area contributed by atoms with Crippen LogP contribution in [0.25, 0.3) is 0 Å². The fraction of sp³-hybridized carbons (Fsp3) is 0.273. The number of nitrogens with zero attached hydrogens (tertiary/aromatic N) is 2. The first-order chi connectivity index (χ1) is 18.8. The number of allylic oxidation sites excluding steroid dienone is 3. The second kappa shape index (κ2) is 11.3. The molecule has 1 aliphatic heterocycles. The quantitative estimate of drug-likeness (QED) is 0.335. The molecule has 198 valence electrons. The Morgan fingerprint density at radius 3 is 2.56 bits per heavy atom. The third-order valence-corrected chi connectivity index (χ3v) is 8.99. The number of Topliss-reactive ketones (excluding diaryl/α,β-unsaturated/α-hetero) is 1. The molecule has 5 rings (SSSR count). The molecule has 0 bridgehead atoms. The highest BCUT2D eigenvalue weighted by molar-refractivity contribution is 7.97. The number of rotatable bonds is 6. The molecule has 2 N–H and O–H groups in total. The van der Waals surface area contributed by atoms with Crippen LogP contribution in [0.4, 0.5) is 5.69 Å². The van der Waals surface area contributed by atoms with Crippen molar-refractivity contribution in [3.05, 3.63) is 122 Å². The van der Waals surface area contributed by atoms with Crippen molar-refractivity contribution in [2.24, 2.45) is 5.73 Å². The zero-order chi connectivity index (χ0) is 27.7. The van der Waals surface area contributed by atoms with Gasteiger partial charge in [0.05, 0.1) is 23.2 Å². The summed E-state index contributed by atoms with van der Waals surface area (Å²) < 4.78 is 0. The molecule has 2 aliphatic rings. The summed E-state index contributed by atoms with van der Waals surface area (Å²) in [6, 6.07) is 22.9. The smallest absolute Gasteiger partial charge is 0.161 e. The number of aryl methyl sites for hydroxylation is 2. The van der Waals surface area contributed by atoms with Crippen molar-refractivity contribution < 1.29 is 4.79 Å². The topological polar surface area (TPSA) is 70.1 Å². The lowest BCUT2D eigenvalue weighted by molar-refractivity contribution is -0.116. The molecule has 0 saturated carbocycles. The van der Waals surface area contributed by atoms with Crippen LogP contribution in [0.2, 0.25) is 5.02 Å². The van der Waals surface area contributed by atoms with Gasteiger partial charge in [-0.05, 0) is 73.6 Å². The molecule has 1 unspecified atom stereocenters. The van der Waals surface area contributed by atoms with Gasteiger partial charge in [0.1, 0.15) is 5.82 Å². The average molecular weight is 554 g/mol. The van der Waals surface area contributed by atoms with E-state index in [1.165, 1.54) is 11.1 Å². The predicted molar refractivity (Wildman–Crippen MR) is 161 cm³/mol. The van der Waals surface area contributed by atoms with E-state index in [-0.39, 0.29) is 5.78 Å². The Hall–Kier alpha value is -3.46. The summed E-state index contributed by atoms with van der Waals surface area (Å²) in [6.07, 6.45) is 1.94. The third kappa shape index (κ3) is 5.24. The summed E-state index contributed by atoms with van der Waals surface area (Å²) in [6.45, 7) is 6.18. The van der Waals surface area contributed by atoms with E-state index in [0.717, 1.165) is 51.6 Å². The van der Waals surface area contributed by atoms with E-state index in [1.807, 2.05) is 47.9 Å². The Balaban J connectivity index is 1.61. The average Bonchev–Trinajstić information content (AvgIpc) is 2.92. The van der Waals surface area contributed by atoms with Crippen molar-refractivity contribution in [1.82, 2.24) is 0 Å². The lowest BCUT2D eigenvalue weighted by Crippen LogP contribution is -2.39. The zero-order valence-corrected chi connectivity index (χ0v) is 24.1. The first-order valence-corrected chi connectivity index (χ1v) is 14.8. The molecule has 0 amide bonds. The molecule has 0 spiro atoms. The van der Waals surface area contributed by atoms with Crippen molar-refractivity contribution >= 4 is 34.8 Å². The molecule has 3 aromatic rings. The van der Waals surface area contributed by atoms with Crippen LogP contribution in [-0.2, 0) is 16.3 Å². The maximum atomic E-state index is 13.6. The number of anilines is 1. The van der Waals surface area contributed by atoms with Gasteiger partial charge in [0.15, 0.2) is 5.78 Å². The van der Waals surface area contributed by atoms with Crippen LogP contribution in [0.15, 0.2) is 83.3 Å². The van der Waals surface area contributed by atoms with Crippen LogP contribution >= 0.6 is 23.4 Å². The first kappa shape index (κ1) is 27.1. The van der Waals surface area contributed by atoms with Crippen molar-refractivity contribution in [2.75, 3.05) is 4.90 Å². The van der Waals surface area contributed by atoms with Gasteiger partial charge in [0.2, 0.25) is 0 Å². The number of ketones is 1. The van der Waals surface area contributed by atoms with Gasteiger partial charge in [0.25, 0.3) is 0 Å². The van der Waals surface area contributed by atoms with E-state index >= 15 is 0 Å². The normalized spacial score (nSPS) is 17.4. The molecular formula is C33H32ClN3OS. The number of halogens is 1. The van der Waals surface area contributed by atoms with Gasteiger partial charge in [-0.1, -0.05) is 65.7 Å². The molecule has 39 heavy (non-hydrogen) atoms. The maximum Gasteiger partial charge on any atom is 0.161 e. The minimum atomic E-state index is -0.480. The summed E-state index contributed by atoms with van der Waals surface area (Å²) in [4.78, 5) is 15.5. The van der Waals surface area contributed by atoms with Crippen molar-refractivity contribution in [3.8, 4) is 6.07 Å². The lowest BCUT2D eigenvalue weighted by Gasteiger charge is -2.40. The molecule has 0 radical (unpaired) electrons. The van der Waals surface area contributed by atoms with E-state index in [0.29, 0.717) is 34.8 Å². The molecule has 1 aliphatic carbocycles. The van der Waals surface area contributed by atoms with E-state index in [2.05, 4.69) is 56.3 Å². The van der Waals surface area contributed by atoms with Gasteiger partial charge in [0, 0.05) is 34.2 Å². The molecule has 4 nitrogen and oxygen atoms in total. The Morgan fingerprint density at radius 1 is 1.05 bits per heavy atom. The monoisotopic (exact) mass is 553 g/mol.